The first-order valence-corrected chi connectivity index (χ1v) is 10.7. The van der Waals surface area contributed by atoms with Crippen LogP contribution in [0.5, 0.6) is 5.75 Å². The van der Waals surface area contributed by atoms with Gasteiger partial charge in [-0.15, -0.1) is 0 Å². The van der Waals surface area contributed by atoms with Gasteiger partial charge < -0.3 is 14.7 Å². The Morgan fingerprint density at radius 3 is 2.36 bits per heavy atom. The van der Waals surface area contributed by atoms with Crippen LogP contribution in [0, 0.1) is 0 Å². The van der Waals surface area contributed by atoms with E-state index in [0.717, 1.165) is 43.4 Å². The van der Waals surface area contributed by atoms with Gasteiger partial charge in [0.25, 0.3) is 0 Å². The summed E-state index contributed by atoms with van der Waals surface area (Å²) in [5, 5.41) is 10.2. The molecular weight excluding hydrogens is 346 g/mol. The number of anilines is 1. The molecule has 0 unspecified atom stereocenters. The van der Waals surface area contributed by atoms with Crippen molar-refractivity contribution in [2.45, 2.75) is 79.0 Å². The molecule has 0 radical (unpaired) electrons. The van der Waals surface area contributed by atoms with Gasteiger partial charge in [0.1, 0.15) is 5.75 Å². The highest BCUT2D eigenvalue weighted by molar-refractivity contribution is 5.50. The minimum atomic E-state index is 0.388. The maximum Gasteiger partial charge on any atom is 0.118 e. The number of benzene rings is 2. The third-order valence-electron chi connectivity index (χ3n) is 4.99. The lowest BCUT2D eigenvalue weighted by atomic mass is 10.0. The monoisotopic (exact) mass is 383 g/mol. The molecule has 0 bridgehead atoms. The molecular formula is C25H37NO2. The normalized spacial score (nSPS) is 11.4. The number of aryl methyl sites for hydroxylation is 2. The van der Waals surface area contributed by atoms with Gasteiger partial charge in [0.2, 0.25) is 0 Å². The van der Waals surface area contributed by atoms with Gasteiger partial charge >= 0.3 is 0 Å². The van der Waals surface area contributed by atoms with Gasteiger partial charge in [0, 0.05) is 24.4 Å². The topological polar surface area (TPSA) is 32.7 Å². The second-order valence-corrected chi connectivity index (χ2v) is 8.13. The van der Waals surface area contributed by atoms with Crippen molar-refractivity contribution in [2.75, 3.05) is 11.5 Å². The minimum Gasteiger partial charge on any atom is -0.508 e. The van der Waals surface area contributed by atoms with Gasteiger partial charge in [-0.2, -0.15) is 0 Å². The summed E-state index contributed by atoms with van der Waals surface area (Å²) in [5.41, 5.74) is 4.79. The number of hydrogen-bond acceptors (Lipinski definition) is 3. The summed E-state index contributed by atoms with van der Waals surface area (Å²) >= 11 is 0. The van der Waals surface area contributed by atoms with E-state index in [4.69, 9.17) is 4.74 Å². The van der Waals surface area contributed by atoms with Gasteiger partial charge in [0.15, 0.2) is 0 Å². The van der Waals surface area contributed by atoms with Gasteiger partial charge in [-0.05, 0) is 94.3 Å². The van der Waals surface area contributed by atoms with Crippen molar-refractivity contribution in [1.82, 2.24) is 0 Å². The molecule has 1 N–H and O–H groups in total. The second-order valence-electron chi connectivity index (χ2n) is 8.13. The first-order valence-electron chi connectivity index (χ1n) is 10.7. The van der Waals surface area contributed by atoms with Crippen LogP contribution in [-0.4, -0.2) is 23.8 Å². The van der Waals surface area contributed by atoms with E-state index < -0.39 is 0 Å². The summed E-state index contributed by atoms with van der Waals surface area (Å²) in [6.07, 6.45) is 3.91. The molecule has 154 valence electrons. The number of aromatic hydroxyl groups is 1. The molecule has 0 saturated heterocycles. The van der Waals surface area contributed by atoms with Crippen molar-refractivity contribution < 1.29 is 9.84 Å². The summed E-state index contributed by atoms with van der Waals surface area (Å²) in [6, 6.07) is 15.7. The molecule has 3 nitrogen and oxygen atoms in total. The molecule has 0 fully saturated rings. The first kappa shape index (κ1) is 22.3. The molecule has 0 spiro atoms. The number of phenolic OH excluding ortho intramolecular Hbond substituents is 1. The smallest absolute Gasteiger partial charge is 0.118 e. The van der Waals surface area contributed by atoms with Crippen molar-refractivity contribution in [3.05, 3.63) is 59.2 Å². The lowest BCUT2D eigenvalue weighted by Crippen LogP contribution is -2.36. The summed E-state index contributed by atoms with van der Waals surface area (Å²) < 4.78 is 5.63. The van der Waals surface area contributed by atoms with Crippen LogP contribution in [0.1, 0.15) is 64.2 Å². The Labute approximate surface area is 171 Å². The van der Waals surface area contributed by atoms with E-state index in [0.29, 0.717) is 24.4 Å². The Bertz CT molecular complexity index is 716. The summed E-state index contributed by atoms with van der Waals surface area (Å²) in [5.74, 6) is 0.388. The van der Waals surface area contributed by atoms with Crippen LogP contribution in [0.15, 0.2) is 42.5 Å². The Hall–Kier alpha value is -2.00. The van der Waals surface area contributed by atoms with E-state index in [2.05, 4.69) is 69.9 Å². The highest BCUT2D eigenvalue weighted by Gasteiger charge is 2.14. The average molecular weight is 384 g/mol. The largest absolute Gasteiger partial charge is 0.508 e. The Kier molecular flexibility index (Phi) is 8.85. The average Bonchev–Trinajstić information content (AvgIpc) is 2.64. The molecule has 2 aromatic carbocycles. The minimum absolute atomic E-state index is 0.388. The zero-order valence-electron chi connectivity index (χ0n) is 18.2. The second kappa shape index (κ2) is 11.1. The maximum atomic E-state index is 10.2. The number of ether oxygens (including phenoxy) is 1. The molecule has 0 saturated carbocycles. The van der Waals surface area contributed by atoms with E-state index in [1.54, 1.807) is 6.07 Å². The van der Waals surface area contributed by atoms with Crippen LogP contribution >= 0.6 is 0 Å². The van der Waals surface area contributed by atoms with Crippen LogP contribution in [0.25, 0.3) is 0 Å². The van der Waals surface area contributed by atoms with Crippen molar-refractivity contribution in [1.29, 1.82) is 0 Å². The van der Waals surface area contributed by atoms with Crippen molar-refractivity contribution in [3.63, 3.8) is 0 Å². The van der Waals surface area contributed by atoms with Crippen LogP contribution in [0.2, 0.25) is 0 Å². The maximum absolute atomic E-state index is 10.2. The van der Waals surface area contributed by atoms with Crippen LogP contribution in [0.4, 0.5) is 5.69 Å². The Morgan fingerprint density at radius 2 is 1.68 bits per heavy atom. The summed E-state index contributed by atoms with van der Waals surface area (Å²) in [7, 11) is 0. The standard InChI is InChI=1S/C25H37NO2/c1-6-15-28-18-22-13-14-25(27)23(16-22)11-7-9-21-10-8-12-24(17-21)26(19(2)3)20(4)5/h8,10,12-14,16-17,19-20,27H,6-7,9,11,15,18H2,1-5H3. The molecule has 0 atom stereocenters. The van der Waals surface area contributed by atoms with Crippen LogP contribution in [-0.2, 0) is 24.2 Å². The third-order valence-corrected chi connectivity index (χ3v) is 4.99. The predicted octanol–water partition coefficient (Wildman–Crippen LogP) is 6.12. The van der Waals surface area contributed by atoms with Crippen molar-refractivity contribution in [3.8, 4) is 5.75 Å². The summed E-state index contributed by atoms with van der Waals surface area (Å²) in [6.45, 7) is 12.5. The SMILES string of the molecule is CCCOCc1ccc(O)c(CCCc2cccc(N(C(C)C)C(C)C)c2)c1. The van der Waals surface area contributed by atoms with Gasteiger partial charge in [0.05, 0.1) is 6.61 Å². The van der Waals surface area contributed by atoms with E-state index in [-0.39, 0.29) is 0 Å². The van der Waals surface area contributed by atoms with E-state index in [1.165, 1.54) is 11.3 Å². The zero-order chi connectivity index (χ0) is 20.5. The van der Waals surface area contributed by atoms with Gasteiger partial charge in [-0.3, -0.25) is 0 Å². The van der Waals surface area contributed by atoms with E-state index >= 15 is 0 Å². The number of rotatable bonds is 11. The number of nitrogens with zero attached hydrogens (tertiary/aromatic N) is 1. The zero-order valence-corrected chi connectivity index (χ0v) is 18.2. The predicted molar refractivity (Wildman–Crippen MR) is 119 cm³/mol. The lowest BCUT2D eigenvalue weighted by Gasteiger charge is -2.33. The number of hydrogen-bond donors (Lipinski definition) is 1. The number of phenols is 1. The molecule has 0 aliphatic heterocycles. The Morgan fingerprint density at radius 1 is 0.929 bits per heavy atom. The van der Waals surface area contributed by atoms with Gasteiger partial charge in [-0.25, -0.2) is 0 Å². The molecule has 0 heterocycles. The molecule has 0 aromatic heterocycles. The van der Waals surface area contributed by atoms with Crippen LogP contribution < -0.4 is 4.90 Å². The van der Waals surface area contributed by atoms with E-state index in [9.17, 15) is 5.11 Å². The fraction of sp³-hybridized carbons (Fsp3) is 0.520. The molecule has 3 heteroatoms. The molecule has 2 rings (SSSR count). The highest BCUT2D eigenvalue weighted by Crippen LogP contribution is 2.24. The molecule has 0 aliphatic carbocycles. The lowest BCUT2D eigenvalue weighted by molar-refractivity contribution is 0.121. The molecule has 0 amide bonds. The fourth-order valence-electron chi connectivity index (χ4n) is 3.81. The van der Waals surface area contributed by atoms with Crippen molar-refractivity contribution in [2.24, 2.45) is 0 Å². The van der Waals surface area contributed by atoms with Gasteiger partial charge in [-0.1, -0.05) is 25.1 Å². The summed E-state index contributed by atoms with van der Waals surface area (Å²) in [4.78, 5) is 2.45. The highest BCUT2D eigenvalue weighted by atomic mass is 16.5. The fourth-order valence-corrected chi connectivity index (χ4v) is 3.81. The molecule has 28 heavy (non-hydrogen) atoms. The third kappa shape index (κ3) is 6.56. The first-order chi connectivity index (χ1) is 13.4. The quantitative estimate of drug-likeness (QED) is 0.475. The molecule has 2 aromatic rings. The molecule has 0 aliphatic rings. The Balaban J connectivity index is 1.98. The van der Waals surface area contributed by atoms with Crippen LogP contribution in [0.3, 0.4) is 0 Å². The van der Waals surface area contributed by atoms with E-state index in [1.807, 2.05) is 6.07 Å². The van der Waals surface area contributed by atoms with Crippen molar-refractivity contribution >= 4 is 5.69 Å².